The van der Waals surface area contributed by atoms with Gasteiger partial charge in [-0.3, -0.25) is 9.20 Å². The maximum absolute atomic E-state index is 12.0. The summed E-state index contributed by atoms with van der Waals surface area (Å²) in [5.41, 5.74) is 0. The lowest BCUT2D eigenvalue weighted by molar-refractivity contribution is 0.470. The molecule has 1 unspecified atom stereocenters. The van der Waals surface area contributed by atoms with Crippen molar-refractivity contribution in [3.8, 4) is 0 Å². The first-order valence-electron chi connectivity index (χ1n) is 7.31. The Labute approximate surface area is 127 Å². The molecule has 1 atom stereocenters. The minimum atomic E-state index is -0.844. The van der Waals surface area contributed by atoms with Crippen LogP contribution in [-0.4, -0.2) is 52.3 Å². The first-order valence-corrected chi connectivity index (χ1v) is 8.63. The minimum Gasteiger partial charge on any atom is -0.357 e. The molecular weight excluding hydrogens is 270 g/mol. The highest BCUT2D eigenvalue weighted by Crippen LogP contribution is 2.10. The normalized spacial score (nSPS) is 13.9. The van der Waals surface area contributed by atoms with Gasteiger partial charge in [0.25, 0.3) is 0 Å². The fraction of sp³-hybridized carbons (Fsp3) is 0.800. The van der Waals surface area contributed by atoms with Gasteiger partial charge in [-0.2, -0.15) is 0 Å². The van der Waals surface area contributed by atoms with Gasteiger partial charge in [0.15, 0.2) is 5.96 Å². The molecule has 20 heavy (non-hydrogen) atoms. The molecule has 5 heteroatoms. The molecule has 1 N–H and O–H groups in total. The van der Waals surface area contributed by atoms with Crippen molar-refractivity contribution in [3.63, 3.8) is 0 Å². The molecule has 4 nitrogen and oxygen atoms in total. The van der Waals surface area contributed by atoms with Crippen LogP contribution in [0.4, 0.5) is 0 Å². The zero-order valence-electron chi connectivity index (χ0n) is 13.7. The van der Waals surface area contributed by atoms with Crippen LogP contribution in [0.15, 0.2) is 17.6 Å². The largest absolute Gasteiger partial charge is 0.357 e. The molecule has 0 radical (unpaired) electrons. The van der Waals surface area contributed by atoms with Gasteiger partial charge in [0.1, 0.15) is 0 Å². The monoisotopic (exact) mass is 301 g/mol. The van der Waals surface area contributed by atoms with Crippen LogP contribution < -0.4 is 5.32 Å². The summed E-state index contributed by atoms with van der Waals surface area (Å²) >= 11 is 0. The van der Waals surface area contributed by atoms with Gasteiger partial charge < -0.3 is 10.2 Å². The van der Waals surface area contributed by atoms with E-state index in [1.54, 1.807) is 0 Å². The summed E-state index contributed by atoms with van der Waals surface area (Å²) < 4.78 is 11.8. The maximum atomic E-state index is 12.0. The molecule has 0 amide bonds. The lowest BCUT2D eigenvalue weighted by atomic mass is 10.3. The fourth-order valence-corrected chi connectivity index (χ4v) is 2.46. The first kappa shape index (κ1) is 19.2. The van der Waals surface area contributed by atoms with Gasteiger partial charge in [0, 0.05) is 41.4 Å². The van der Waals surface area contributed by atoms with Crippen LogP contribution in [-0.2, 0) is 10.8 Å². The number of nitrogens with zero attached hydrogens (tertiary/aromatic N) is 2. The number of guanidine groups is 1. The minimum absolute atomic E-state index is 0.163. The topological polar surface area (TPSA) is 44.7 Å². The number of nitrogens with one attached hydrogen (secondary N) is 1. The zero-order valence-corrected chi connectivity index (χ0v) is 14.6. The molecular formula is C15H31N3OS. The van der Waals surface area contributed by atoms with Crippen LogP contribution in [0.25, 0.3) is 0 Å². The van der Waals surface area contributed by atoms with Crippen molar-refractivity contribution in [1.29, 1.82) is 0 Å². The van der Waals surface area contributed by atoms with E-state index in [2.05, 4.69) is 28.7 Å². The van der Waals surface area contributed by atoms with Gasteiger partial charge in [-0.05, 0) is 40.5 Å². The number of allylic oxidation sites excluding steroid dienone is 1. The summed E-state index contributed by atoms with van der Waals surface area (Å²) in [6.45, 7) is 14.2. The van der Waals surface area contributed by atoms with Crippen molar-refractivity contribution in [2.75, 3.05) is 32.4 Å². The van der Waals surface area contributed by atoms with Gasteiger partial charge >= 0.3 is 0 Å². The van der Waals surface area contributed by atoms with Crippen LogP contribution in [0.2, 0.25) is 0 Å². The van der Waals surface area contributed by atoms with Crippen molar-refractivity contribution in [1.82, 2.24) is 10.2 Å². The quantitative estimate of drug-likeness (QED) is 0.324. The predicted octanol–water partition coefficient (Wildman–Crippen LogP) is 2.40. The molecule has 0 aliphatic heterocycles. The number of rotatable bonds is 8. The SMILES string of the molecule is C=CCCCN(C)C(=NCCS(=O)C(C)(C)C)NCC. The highest BCUT2D eigenvalue weighted by atomic mass is 32.2. The van der Waals surface area contributed by atoms with E-state index >= 15 is 0 Å². The van der Waals surface area contributed by atoms with E-state index in [1.165, 1.54) is 0 Å². The molecule has 0 bridgehead atoms. The van der Waals surface area contributed by atoms with E-state index in [4.69, 9.17) is 0 Å². The Balaban J connectivity index is 4.39. The summed E-state index contributed by atoms with van der Waals surface area (Å²) in [5, 5.41) is 3.27. The Morgan fingerprint density at radius 3 is 2.60 bits per heavy atom. The molecule has 0 fully saturated rings. The smallest absolute Gasteiger partial charge is 0.193 e. The number of unbranched alkanes of at least 4 members (excludes halogenated alkanes) is 1. The van der Waals surface area contributed by atoms with Crippen molar-refractivity contribution in [2.45, 2.75) is 45.3 Å². The van der Waals surface area contributed by atoms with E-state index < -0.39 is 10.8 Å². The molecule has 0 aliphatic rings. The molecule has 0 spiro atoms. The van der Waals surface area contributed by atoms with Gasteiger partial charge in [0.05, 0.1) is 6.54 Å². The van der Waals surface area contributed by atoms with Crippen LogP contribution in [0.5, 0.6) is 0 Å². The van der Waals surface area contributed by atoms with Crippen LogP contribution >= 0.6 is 0 Å². The molecule has 0 heterocycles. The van der Waals surface area contributed by atoms with Crippen molar-refractivity contribution < 1.29 is 4.21 Å². The summed E-state index contributed by atoms with van der Waals surface area (Å²) in [7, 11) is 1.19. The predicted molar refractivity (Wildman–Crippen MR) is 90.8 cm³/mol. The second-order valence-electron chi connectivity index (χ2n) is 5.75. The zero-order chi connectivity index (χ0) is 15.6. The van der Waals surface area contributed by atoms with E-state index in [-0.39, 0.29) is 4.75 Å². The van der Waals surface area contributed by atoms with E-state index in [9.17, 15) is 4.21 Å². The second-order valence-corrected chi connectivity index (χ2v) is 8.07. The average molecular weight is 302 g/mol. The lowest BCUT2D eigenvalue weighted by Gasteiger charge is -2.22. The second kappa shape index (κ2) is 9.97. The van der Waals surface area contributed by atoms with Gasteiger partial charge in [0.2, 0.25) is 0 Å². The lowest BCUT2D eigenvalue weighted by Crippen LogP contribution is -2.39. The number of aliphatic imine (C=N–C) groups is 1. The van der Waals surface area contributed by atoms with Crippen molar-refractivity contribution >= 4 is 16.8 Å². The molecule has 0 aromatic rings. The van der Waals surface area contributed by atoms with E-state index in [0.29, 0.717) is 12.3 Å². The molecule has 0 saturated carbocycles. The highest BCUT2D eigenvalue weighted by Gasteiger charge is 2.18. The molecule has 0 aromatic heterocycles. The number of hydrogen-bond acceptors (Lipinski definition) is 2. The Hall–Kier alpha value is -0.840. The maximum Gasteiger partial charge on any atom is 0.193 e. The summed E-state index contributed by atoms with van der Waals surface area (Å²) in [4.78, 5) is 6.68. The third-order valence-corrected chi connectivity index (χ3v) is 4.74. The molecule has 0 aromatic carbocycles. The highest BCUT2D eigenvalue weighted by molar-refractivity contribution is 7.86. The van der Waals surface area contributed by atoms with Crippen molar-refractivity contribution in [3.05, 3.63) is 12.7 Å². The first-order chi connectivity index (χ1) is 9.32. The van der Waals surface area contributed by atoms with Crippen molar-refractivity contribution in [2.24, 2.45) is 4.99 Å². The summed E-state index contributed by atoms with van der Waals surface area (Å²) in [6, 6.07) is 0. The van der Waals surface area contributed by atoms with E-state index in [1.807, 2.05) is 33.9 Å². The molecule has 0 rings (SSSR count). The Morgan fingerprint density at radius 1 is 1.45 bits per heavy atom. The van der Waals surface area contributed by atoms with Crippen LogP contribution in [0.3, 0.4) is 0 Å². The molecule has 118 valence electrons. The summed E-state index contributed by atoms with van der Waals surface area (Å²) in [6.07, 6.45) is 4.01. The average Bonchev–Trinajstić information content (AvgIpc) is 2.36. The van der Waals surface area contributed by atoms with Gasteiger partial charge in [-0.25, -0.2) is 0 Å². The number of hydrogen-bond donors (Lipinski definition) is 1. The van der Waals surface area contributed by atoms with Crippen LogP contribution in [0, 0.1) is 0 Å². The molecule has 0 saturated heterocycles. The fourth-order valence-electron chi connectivity index (χ4n) is 1.59. The Kier molecular flexibility index (Phi) is 9.55. The third-order valence-electron chi connectivity index (χ3n) is 2.82. The Bertz CT molecular complexity index is 335. The van der Waals surface area contributed by atoms with Gasteiger partial charge in [-0.1, -0.05) is 6.08 Å². The van der Waals surface area contributed by atoms with Gasteiger partial charge in [-0.15, -0.1) is 6.58 Å². The molecule has 0 aliphatic carbocycles. The standard InChI is InChI=1S/C15H31N3OS/c1-7-9-10-12-18(6)14(16-8-2)17-11-13-20(19)15(3,4)5/h7H,1,8-13H2,2-6H3,(H,16,17). The van der Waals surface area contributed by atoms with E-state index in [0.717, 1.165) is 31.9 Å². The Morgan fingerprint density at radius 2 is 2.10 bits per heavy atom. The third kappa shape index (κ3) is 8.35. The van der Waals surface area contributed by atoms with Crippen LogP contribution in [0.1, 0.15) is 40.5 Å². The summed E-state index contributed by atoms with van der Waals surface area (Å²) in [5.74, 6) is 1.50.